The van der Waals surface area contributed by atoms with Gasteiger partial charge in [-0.3, -0.25) is 4.79 Å². The number of hydrogen-bond acceptors (Lipinski definition) is 3. The van der Waals surface area contributed by atoms with E-state index >= 15 is 0 Å². The van der Waals surface area contributed by atoms with Gasteiger partial charge in [0.2, 0.25) is 0 Å². The van der Waals surface area contributed by atoms with Gasteiger partial charge in [0.05, 0.1) is 5.02 Å². The molecule has 3 N–H and O–H groups in total. The summed E-state index contributed by atoms with van der Waals surface area (Å²) in [5, 5.41) is 11.6. The maximum atomic E-state index is 12.0. The van der Waals surface area contributed by atoms with Gasteiger partial charge >= 0.3 is 5.97 Å². The lowest BCUT2D eigenvalue weighted by Gasteiger charge is -2.07. The number of carboxylic acid groups (broad SMARTS) is 1. The Labute approximate surface area is 129 Å². The van der Waals surface area contributed by atoms with E-state index in [-0.39, 0.29) is 15.9 Å². The van der Waals surface area contributed by atoms with Crippen molar-refractivity contribution in [2.75, 3.05) is 11.9 Å². The van der Waals surface area contributed by atoms with Crippen molar-refractivity contribution < 1.29 is 19.4 Å². The Bertz CT molecular complexity index is 665. The number of hydrogen-bond donors (Lipinski definition) is 3. The minimum Gasteiger partial charge on any atom is -0.482 e. The maximum Gasteiger partial charge on any atom is 0.341 e. The van der Waals surface area contributed by atoms with Crippen LogP contribution in [0.5, 0.6) is 5.75 Å². The predicted octanol–water partition coefficient (Wildman–Crippen LogP) is 3.04. The molecule has 0 fully saturated rings. The molecule has 0 aliphatic heterocycles. The molecule has 110 valence electrons. The molecule has 0 spiro atoms. The van der Waals surface area contributed by atoms with Gasteiger partial charge in [0, 0.05) is 11.8 Å². The van der Waals surface area contributed by atoms with Crippen molar-refractivity contribution >= 4 is 40.8 Å². The molecule has 0 saturated carbocycles. The molecule has 0 aliphatic rings. The number of carbonyl (C=O) groups is 2. The fraction of sp³-hybridized carbons (Fsp3) is 0.0769. The van der Waals surface area contributed by atoms with Gasteiger partial charge in [-0.25, -0.2) is 4.79 Å². The van der Waals surface area contributed by atoms with E-state index in [4.69, 9.17) is 33.0 Å². The molecule has 1 aromatic heterocycles. The first-order chi connectivity index (χ1) is 9.95. The Morgan fingerprint density at radius 1 is 1.29 bits per heavy atom. The first-order valence-corrected chi connectivity index (χ1v) is 6.51. The van der Waals surface area contributed by atoms with E-state index in [0.29, 0.717) is 11.4 Å². The van der Waals surface area contributed by atoms with Crippen LogP contribution in [0.2, 0.25) is 10.2 Å². The Hall–Kier alpha value is -2.18. The van der Waals surface area contributed by atoms with Crippen molar-refractivity contribution in [2.45, 2.75) is 0 Å². The molecule has 0 bridgehead atoms. The van der Waals surface area contributed by atoms with Gasteiger partial charge in [0.25, 0.3) is 5.91 Å². The summed E-state index contributed by atoms with van der Waals surface area (Å²) in [6, 6.07) is 7.76. The fourth-order valence-corrected chi connectivity index (χ4v) is 1.85. The van der Waals surface area contributed by atoms with E-state index in [1.54, 1.807) is 18.2 Å². The third kappa shape index (κ3) is 4.14. The second-order valence-electron chi connectivity index (χ2n) is 4.01. The number of nitrogens with one attached hydrogen (secondary N) is 2. The summed E-state index contributed by atoms with van der Waals surface area (Å²) in [7, 11) is 0. The Kier molecular flexibility index (Phi) is 4.72. The minimum absolute atomic E-state index is 0.181. The van der Waals surface area contributed by atoms with Crippen molar-refractivity contribution in [3.05, 3.63) is 46.2 Å². The Morgan fingerprint density at radius 2 is 2.05 bits per heavy atom. The molecule has 2 rings (SSSR count). The highest BCUT2D eigenvalue weighted by molar-refractivity contribution is 6.41. The summed E-state index contributed by atoms with van der Waals surface area (Å²) in [4.78, 5) is 25.0. The van der Waals surface area contributed by atoms with E-state index in [0.717, 1.165) is 0 Å². The monoisotopic (exact) mass is 328 g/mol. The Morgan fingerprint density at radius 3 is 2.67 bits per heavy atom. The second kappa shape index (κ2) is 6.51. The SMILES string of the molecule is O=C(O)COc1cccc(NC(=O)c2cc(Cl)c(Cl)[nH]2)c1. The van der Waals surface area contributed by atoms with Crippen LogP contribution in [0.1, 0.15) is 10.5 Å². The van der Waals surface area contributed by atoms with E-state index in [1.807, 2.05) is 0 Å². The second-order valence-corrected chi connectivity index (χ2v) is 4.79. The lowest BCUT2D eigenvalue weighted by molar-refractivity contribution is -0.139. The third-order valence-electron chi connectivity index (χ3n) is 2.42. The van der Waals surface area contributed by atoms with Crippen LogP contribution in [-0.4, -0.2) is 28.6 Å². The molecule has 0 saturated heterocycles. The van der Waals surface area contributed by atoms with Crippen LogP contribution in [0.25, 0.3) is 0 Å². The van der Waals surface area contributed by atoms with Crippen molar-refractivity contribution in [3.63, 3.8) is 0 Å². The average Bonchev–Trinajstić information content (AvgIpc) is 2.77. The van der Waals surface area contributed by atoms with Crippen LogP contribution in [0, 0.1) is 0 Å². The zero-order chi connectivity index (χ0) is 15.4. The van der Waals surface area contributed by atoms with Crippen molar-refractivity contribution in [3.8, 4) is 5.75 Å². The summed E-state index contributed by atoms with van der Waals surface area (Å²) in [5.41, 5.74) is 0.659. The molecule has 6 nitrogen and oxygen atoms in total. The number of amides is 1. The number of carboxylic acids is 1. The summed E-state index contributed by atoms with van der Waals surface area (Å²) >= 11 is 11.5. The van der Waals surface area contributed by atoms with Crippen LogP contribution in [0.4, 0.5) is 5.69 Å². The number of anilines is 1. The lowest BCUT2D eigenvalue weighted by Crippen LogP contribution is -2.13. The number of H-pyrrole nitrogens is 1. The lowest BCUT2D eigenvalue weighted by atomic mass is 10.3. The standard InChI is InChI=1S/C13H10Cl2N2O4/c14-9-5-10(17-12(9)15)13(20)16-7-2-1-3-8(4-7)21-6-11(18)19/h1-5,17H,6H2,(H,16,20)(H,18,19). The van der Waals surface area contributed by atoms with Crippen LogP contribution in [-0.2, 0) is 4.79 Å². The molecule has 0 unspecified atom stereocenters. The summed E-state index contributed by atoms with van der Waals surface area (Å²) in [6.45, 7) is -0.459. The molecule has 2 aromatic rings. The highest BCUT2D eigenvalue weighted by atomic mass is 35.5. The topological polar surface area (TPSA) is 91.4 Å². The first kappa shape index (κ1) is 15.2. The van der Waals surface area contributed by atoms with Crippen LogP contribution >= 0.6 is 23.2 Å². The number of carbonyl (C=O) groups excluding carboxylic acids is 1. The van der Waals surface area contributed by atoms with Crippen molar-refractivity contribution in [1.82, 2.24) is 4.98 Å². The number of benzene rings is 1. The number of aromatic amines is 1. The number of aliphatic carboxylic acids is 1. The third-order valence-corrected chi connectivity index (χ3v) is 3.12. The molecule has 1 amide bonds. The summed E-state index contributed by atoms with van der Waals surface area (Å²) in [6.07, 6.45) is 0. The molecule has 0 radical (unpaired) electrons. The van der Waals surface area contributed by atoms with Crippen molar-refractivity contribution in [2.24, 2.45) is 0 Å². The van der Waals surface area contributed by atoms with Gasteiger partial charge in [0.1, 0.15) is 16.6 Å². The van der Waals surface area contributed by atoms with Crippen LogP contribution in [0.3, 0.4) is 0 Å². The van der Waals surface area contributed by atoms with Crippen LogP contribution in [0.15, 0.2) is 30.3 Å². The highest BCUT2D eigenvalue weighted by Gasteiger charge is 2.12. The van der Waals surface area contributed by atoms with Crippen molar-refractivity contribution in [1.29, 1.82) is 0 Å². The van der Waals surface area contributed by atoms with Gasteiger partial charge < -0.3 is 20.1 Å². The fourth-order valence-electron chi connectivity index (χ4n) is 1.53. The molecule has 21 heavy (non-hydrogen) atoms. The maximum absolute atomic E-state index is 12.0. The first-order valence-electron chi connectivity index (χ1n) is 5.75. The number of ether oxygens (including phenoxy) is 1. The summed E-state index contributed by atoms with van der Waals surface area (Å²) in [5.74, 6) is -1.18. The number of halogens is 2. The zero-order valence-corrected chi connectivity index (χ0v) is 12.0. The Balaban J connectivity index is 2.07. The van der Waals surface area contributed by atoms with Gasteiger partial charge in [-0.2, -0.15) is 0 Å². The van der Waals surface area contributed by atoms with E-state index in [2.05, 4.69) is 10.3 Å². The normalized spacial score (nSPS) is 10.2. The van der Waals surface area contributed by atoms with E-state index < -0.39 is 18.5 Å². The largest absolute Gasteiger partial charge is 0.482 e. The molecule has 0 atom stereocenters. The van der Waals surface area contributed by atoms with Gasteiger partial charge in [0.15, 0.2) is 6.61 Å². The molecule has 1 heterocycles. The average molecular weight is 329 g/mol. The molecule has 8 heteroatoms. The minimum atomic E-state index is -1.08. The number of rotatable bonds is 5. The van der Waals surface area contributed by atoms with Gasteiger partial charge in [-0.15, -0.1) is 0 Å². The zero-order valence-electron chi connectivity index (χ0n) is 10.5. The number of aromatic nitrogens is 1. The smallest absolute Gasteiger partial charge is 0.341 e. The van der Waals surface area contributed by atoms with Crippen LogP contribution < -0.4 is 10.1 Å². The quantitative estimate of drug-likeness (QED) is 0.786. The molecule has 0 aliphatic carbocycles. The molecular weight excluding hydrogens is 319 g/mol. The van der Waals surface area contributed by atoms with E-state index in [9.17, 15) is 9.59 Å². The highest BCUT2D eigenvalue weighted by Crippen LogP contribution is 2.23. The van der Waals surface area contributed by atoms with E-state index in [1.165, 1.54) is 12.1 Å². The molecule has 1 aromatic carbocycles. The predicted molar refractivity (Wildman–Crippen MR) is 78.3 cm³/mol. The van der Waals surface area contributed by atoms with Gasteiger partial charge in [-0.05, 0) is 18.2 Å². The molecular formula is C13H10Cl2N2O4. The summed E-state index contributed by atoms with van der Waals surface area (Å²) < 4.78 is 5.02. The van der Waals surface area contributed by atoms with Gasteiger partial charge in [-0.1, -0.05) is 29.3 Å².